The van der Waals surface area contributed by atoms with Crippen LogP contribution in [-0.4, -0.2) is 53.5 Å². The number of carbonyl (C=O) groups is 1. The highest BCUT2D eigenvalue weighted by Gasteiger charge is 2.44. The normalized spacial score (nSPS) is 26.2. The van der Waals surface area contributed by atoms with Gasteiger partial charge in [0.2, 0.25) is 5.91 Å². The minimum absolute atomic E-state index is 0.210. The van der Waals surface area contributed by atoms with Crippen LogP contribution in [0.15, 0.2) is 0 Å². The Bertz CT molecular complexity index is 340. The van der Waals surface area contributed by atoms with Crippen molar-refractivity contribution in [1.29, 1.82) is 0 Å². The number of hydrogen-bond donors (Lipinski definition) is 1. The van der Waals surface area contributed by atoms with E-state index in [1.165, 1.54) is 25.9 Å². The molecule has 1 amide bonds. The van der Waals surface area contributed by atoms with Gasteiger partial charge in [0.1, 0.15) is 0 Å². The fraction of sp³-hybridized carbons (Fsp3) is 0.933. The summed E-state index contributed by atoms with van der Waals surface area (Å²) < 4.78 is 0. The maximum Gasteiger partial charge on any atom is 0.230 e. The maximum atomic E-state index is 12.7. The molecule has 0 bridgehead atoms. The van der Waals surface area contributed by atoms with E-state index >= 15 is 0 Å². The molecule has 0 aromatic heterocycles. The van der Waals surface area contributed by atoms with Crippen LogP contribution in [0.25, 0.3) is 0 Å². The molecule has 0 aromatic carbocycles. The van der Waals surface area contributed by atoms with Gasteiger partial charge in [0.25, 0.3) is 0 Å². The first-order chi connectivity index (χ1) is 8.73. The molecule has 2 N–H and O–H groups in total. The van der Waals surface area contributed by atoms with Crippen LogP contribution in [0.1, 0.15) is 47.0 Å². The Hall–Kier alpha value is -0.610. The second-order valence-corrected chi connectivity index (χ2v) is 7.28. The smallest absolute Gasteiger partial charge is 0.230 e. The van der Waals surface area contributed by atoms with Crippen molar-refractivity contribution in [3.63, 3.8) is 0 Å². The lowest BCUT2D eigenvalue weighted by molar-refractivity contribution is -0.142. The van der Waals surface area contributed by atoms with E-state index in [-0.39, 0.29) is 5.91 Å². The molecule has 2 aliphatic rings. The summed E-state index contributed by atoms with van der Waals surface area (Å²) in [7, 11) is 0. The number of likely N-dealkylation sites (tertiary alicyclic amines) is 2. The van der Waals surface area contributed by atoms with Crippen molar-refractivity contribution in [2.24, 2.45) is 11.1 Å². The minimum Gasteiger partial charge on any atom is -0.341 e. The molecule has 0 spiro atoms. The minimum atomic E-state index is -0.507. The van der Waals surface area contributed by atoms with Gasteiger partial charge in [-0.1, -0.05) is 0 Å². The summed E-state index contributed by atoms with van der Waals surface area (Å²) in [5.74, 6) is 0.210. The van der Waals surface area contributed by atoms with Crippen LogP contribution in [0.2, 0.25) is 0 Å². The molecular formula is C15H29N3O. The molecule has 0 radical (unpaired) electrons. The molecule has 1 unspecified atom stereocenters. The topological polar surface area (TPSA) is 49.6 Å². The number of nitrogens with zero attached hydrogens (tertiary/aromatic N) is 2. The molecule has 2 heterocycles. The van der Waals surface area contributed by atoms with Crippen LogP contribution in [0.3, 0.4) is 0 Å². The van der Waals surface area contributed by atoms with Crippen LogP contribution in [0.4, 0.5) is 0 Å². The molecule has 0 aliphatic carbocycles. The lowest BCUT2D eigenvalue weighted by atomic mass is 9.74. The molecule has 1 atom stereocenters. The predicted molar refractivity (Wildman–Crippen MR) is 77.8 cm³/mol. The molecule has 0 aromatic rings. The van der Waals surface area contributed by atoms with Gasteiger partial charge in [-0.2, -0.15) is 0 Å². The number of carbonyl (C=O) groups excluding carboxylic acids is 1. The van der Waals surface area contributed by atoms with E-state index in [9.17, 15) is 4.79 Å². The van der Waals surface area contributed by atoms with Crippen LogP contribution < -0.4 is 5.73 Å². The molecule has 2 saturated heterocycles. The number of hydrogen-bond acceptors (Lipinski definition) is 3. The second kappa shape index (κ2) is 5.06. The van der Waals surface area contributed by atoms with Crippen molar-refractivity contribution < 1.29 is 4.79 Å². The largest absolute Gasteiger partial charge is 0.341 e. The first kappa shape index (κ1) is 14.8. The number of amides is 1. The van der Waals surface area contributed by atoms with Crippen molar-refractivity contribution >= 4 is 5.91 Å². The van der Waals surface area contributed by atoms with Crippen molar-refractivity contribution in [2.75, 3.05) is 26.2 Å². The summed E-state index contributed by atoms with van der Waals surface area (Å²) in [5.41, 5.74) is 5.18. The standard InChI is InChI=1S/C15H29N3O/c1-14(2,15(3,4)16)13(19)18-10-7-12(11-18)17-8-5-6-9-17/h12H,5-11,16H2,1-4H3. The van der Waals surface area contributed by atoms with E-state index in [0.29, 0.717) is 6.04 Å². The molecule has 19 heavy (non-hydrogen) atoms. The first-order valence-corrected chi connectivity index (χ1v) is 7.56. The van der Waals surface area contributed by atoms with E-state index in [0.717, 1.165) is 19.5 Å². The molecular weight excluding hydrogens is 238 g/mol. The highest BCUT2D eigenvalue weighted by molar-refractivity contribution is 5.83. The highest BCUT2D eigenvalue weighted by atomic mass is 16.2. The number of nitrogens with two attached hydrogens (primary N) is 1. The SMILES string of the molecule is CC(C)(N)C(C)(C)C(=O)N1CCC(N2CCCC2)C1. The highest BCUT2D eigenvalue weighted by Crippen LogP contribution is 2.32. The summed E-state index contributed by atoms with van der Waals surface area (Å²) >= 11 is 0. The van der Waals surface area contributed by atoms with Crippen LogP contribution in [-0.2, 0) is 4.79 Å². The molecule has 2 fully saturated rings. The van der Waals surface area contributed by atoms with Gasteiger partial charge in [-0.3, -0.25) is 9.69 Å². The van der Waals surface area contributed by atoms with E-state index in [2.05, 4.69) is 4.90 Å². The third-order valence-electron chi connectivity index (χ3n) is 5.25. The molecule has 0 saturated carbocycles. The van der Waals surface area contributed by atoms with Gasteiger partial charge in [-0.15, -0.1) is 0 Å². The predicted octanol–water partition coefficient (Wildman–Crippen LogP) is 1.45. The Morgan fingerprint density at radius 2 is 1.68 bits per heavy atom. The third kappa shape index (κ3) is 2.79. The fourth-order valence-corrected chi connectivity index (χ4v) is 3.00. The average Bonchev–Trinajstić information content (AvgIpc) is 2.97. The van der Waals surface area contributed by atoms with E-state index in [1.54, 1.807) is 0 Å². The lowest BCUT2D eigenvalue weighted by Gasteiger charge is -2.39. The zero-order valence-corrected chi connectivity index (χ0v) is 12.9. The van der Waals surface area contributed by atoms with Gasteiger partial charge in [-0.25, -0.2) is 0 Å². The van der Waals surface area contributed by atoms with E-state index in [1.807, 2.05) is 32.6 Å². The average molecular weight is 267 g/mol. The fourth-order valence-electron chi connectivity index (χ4n) is 3.00. The molecule has 4 heteroatoms. The summed E-state index contributed by atoms with van der Waals surface area (Å²) in [6.45, 7) is 12.0. The second-order valence-electron chi connectivity index (χ2n) is 7.28. The maximum absolute atomic E-state index is 12.7. The Kier molecular flexibility index (Phi) is 3.94. The summed E-state index contributed by atoms with van der Waals surface area (Å²) in [6.07, 6.45) is 3.74. The number of rotatable bonds is 3. The van der Waals surface area contributed by atoms with Gasteiger partial charge in [-0.05, 0) is 60.0 Å². The van der Waals surface area contributed by atoms with Crippen LogP contribution in [0.5, 0.6) is 0 Å². The Morgan fingerprint density at radius 1 is 1.11 bits per heavy atom. The summed E-state index contributed by atoms with van der Waals surface area (Å²) in [6, 6.07) is 0.572. The van der Waals surface area contributed by atoms with Gasteiger partial charge < -0.3 is 10.6 Å². The van der Waals surface area contributed by atoms with Gasteiger partial charge >= 0.3 is 0 Å². The van der Waals surface area contributed by atoms with Crippen molar-refractivity contribution in [2.45, 2.75) is 58.5 Å². The van der Waals surface area contributed by atoms with Crippen molar-refractivity contribution in [1.82, 2.24) is 9.80 Å². The molecule has 2 rings (SSSR count). The van der Waals surface area contributed by atoms with Gasteiger partial charge in [0, 0.05) is 24.7 Å². The van der Waals surface area contributed by atoms with E-state index in [4.69, 9.17) is 5.73 Å². The quantitative estimate of drug-likeness (QED) is 0.842. The lowest BCUT2D eigenvalue weighted by Crippen LogP contribution is -2.56. The Morgan fingerprint density at radius 3 is 2.21 bits per heavy atom. The van der Waals surface area contributed by atoms with Crippen LogP contribution >= 0.6 is 0 Å². The summed E-state index contributed by atoms with van der Waals surface area (Å²) in [5, 5.41) is 0. The van der Waals surface area contributed by atoms with Crippen molar-refractivity contribution in [3.05, 3.63) is 0 Å². The van der Waals surface area contributed by atoms with Crippen LogP contribution in [0, 0.1) is 5.41 Å². The Labute approximate surface area is 117 Å². The first-order valence-electron chi connectivity index (χ1n) is 7.56. The summed E-state index contributed by atoms with van der Waals surface area (Å²) in [4.78, 5) is 17.3. The Balaban J connectivity index is 1.98. The molecule has 4 nitrogen and oxygen atoms in total. The van der Waals surface area contributed by atoms with Crippen molar-refractivity contribution in [3.8, 4) is 0 Å². The van der Waals surface area contributed by atoms with E-state index < -0.39 is 11.0 Å². The zero-order valence-electron chi connectivity index (χ0n) is 12.9. The molecule has 110 valence electrons. The third-order valence-corrected chi connectivity index (χ3v) is 5.25. The van der Waals surface area contributed by atoms with Gasteiger partial charge in [0.15, 0.2) is 0 Å². The monoisotopic (exact) mass is 267 g/mol. The molecule has 2 aliphatic heterocycles. The van der Waals surface area contributed by atoms with Gasteiger partial charge in [0.05, 0.1) is 5.41 Å². The zero-order chi connectivity index (χ0) is 14.3.